The molecule has 1 fully saturated rings. The molecular formula is C12H20N2O4. The van der Waals surface area contributed by atoms with Gasteiger partial charge in [0.25, 0.3) is 0 Å². The Balaban J connectivity index is 2.30. The lowest BCUT2D eigenvalue weighted by Gasteiger charge is -2.34. The monoisotopic (exact) mass is 256 g/mol. The average Bonchev–Trinajstić information content (AvgIpc) is 2.12. The third kappa shape index (κ3) is 4.35. The van der Waals surface area contributed by atoms with Crippen LogP contribution in [0.4, 0.5) is 4.79 Å². The maximum atomic E-state index is 11.7. The number of carboxylic acids is 1. The van der Waals surface area contributed by atoms with Crippen LogP contribution in [0.2, 0.25) is 0 Å². The second kappa shape index (κ2) is 6.37. The van der Waals surface area contributed by atoms with E-state index in [1.807, 2.05) is 0 Å². The number of nitrogens with zero attached hydrogens (tertiary/aromatic N) is 1. The van der Waals surface area contributed by atoms with Gasteiger partial charge in [0.1, 0.15) is 0 Å². The van der Waals surface area contributed by atoms with Crippen LogP contribution in [-0.4, -0.2) is 41.0 Å². The van der Waals surface area contributed by atoms with Gasteiger partial charge in [0.2, 0.25) is 5.91 Å². The molecule has 6 nitrogen and oxygen atoms in total. The zero-order valence-corrected chi connectivity index (χ0v) is 10.8. The van der Waals surface area contributed by atoms with Crippen LogP contribution in [0.25, 0.3) is 0 Å². The minimum absolute atomic E-state index is 0.0521. The van der Waals surface area contributed by atoms with Crippen molar-refractivity contribution in [1.82, 2.24) is 10.2 Å². The average molecular weight is 256 g/mol. The van der Waals surface area contributed by atoms with Crippen molar-refractivity contribution >= 4 is 17.9 Å². The summed E-state index contributed by atoms with van der Waals surface area (Å²) in [7, 11) is 1.67. The maximum Gasteiger partial charge on any atom is 0.324 e. The lowest BCUT2D eigenvalue weighted by atomic mass is 9.92. The van der Waals surface area contributed by atoms with Crippen LogP contribution in [0, 0.1) is 5.92 Å². The van der Waals surface area contributed by atoms with Crippen LogP contribution < -0.4 is 5.32 Å². The molecule has 2 N–H and O–H groups in total. The number of urea groups is 1. The summed E-state index contributed by atoms with van der Waals surface area (Å²) in [5, 5.41) is 10.9. The second-order valence-electron chi connectivity index (χ2n) is 4.96. The first-order chi connectivity index (χ1) is 8.40. The number of hydrogen-bond acceptors (Lipinski definition) is 3. The molecule has 0 aliphatic heterocycles. The molecular weight excluding hydrogens is 236 g/mol. The van der Waals surface area contributed by atoms with Crippen molar-refractivity contribution in [3.63, 3.8) is 0 Å². The van der Waals surface area contributed by atoms with Gasteiger partial charge in [-0.1, -0.05) is 6.92 Å². The first-order valence-corrected chi connectivity index (χ1v) is 6.18. The van der Waals surface area contributed by atoms with E-state index in [4.69, 9.17) is 5.11 Å². The number of carbonyl (C=O) groups excluding carboxylic acids is 2. The molecule has 6 heteroatoms. The Bertz CT molecular complexity index is 339. The quantitative estimate of drug-likeness (QED) is 0.774. The summed E-state index contributed by atoms with van der Waals surface area (Å²) in [6.45, 7) is 1.67. The van der Waals surface area contributed by atoms with Gasteiger partial charge in [0.15, 0.2) is 0 Å². The summed E-state index contributed by atoms with van der Waals surface area (Å²) in [6.07, 6.45) is 3.06. The lowest BCUT2D eigenvalue weighted by Crippen LogP contribution is -2.48. The van der Waals surface area contributed by atoms with Crippen molar-refractivity contribution in [3.8, 4) is 0 Å². The first-order valence-electron chi connectivity index (χ1n) is 6.18. The van der Waals surface area contributed by atoms with Gasteiger partial charge in [-0.2, -0.15) is 0 Å². The molecule has 1 aliphatic carbocycles. The van der Waals surface area contributed by atoms with Crippen molar-refractivity contribution in [2.45, 2.75) is 45.1 Å². The van der Waals surface area contributed by atoms with E-state index in [9.17, 15) is 14.4 Å². The normalized spacial score (nSPS) is 16.6. The van der Waals surface area contributed by atoms with E-state index in [-0.39, 0.29) is 24.8 Å². The molecule has 3 amide bonds. The van der Waals surface area contributed by atoms with E-state index in [1.165, 1.54) is 0 Å². The predicted octanol–water partition coefficient (Wildman–Crippen LogP) is 1.21. The van der Waals surface area contributed by atoms with E-state index >= 15 is 0 Å². The Morgan fingerprint density at radius 3 is 2.39 bits per heavy atom. The van der Waals surface area contributed by atoms with Crippen molar-refractivity contribution in [2.75, 3.05) is 7.05 Å². The standard InChI is InChI=1S/C12H20N2O4/c1-8(7-11(16)17)6-10(15)13-12(18)14(2)9-4-3-5-9/h8-9H,3-7H2,1-2H3,(H,16,17)(H,13,15,18). The van der Waals surface area contributed by atoms with Gasteiger partial charge in [0.05, 0.1) is 0 Å². The summed E-state index contributed by atoms with van der Waals surface area (Å²) < 4.78 is 0. The van der Waals surface area contributed by atoms with Gasteiger partial charge in [-0.25, -0.2) is 4.79 Å². The summed E-state index contributed by atoms with van der Waals surface area (Å²) in [4.78, 5) is 35.2. The number of hydrogen-bond donors (Lipinski definition) is 2. The van der Waals surface area contributed by atoms with E-state index in [0.29, 0.717) is 0 Å². The van der Waals surface area contributed by atoms with Crippen LogP contribution in [0.5, 0.6) is 0 Å². The molecule has 1 aliphatic rings. The van der Waals surface area contributed by atoms with Gasteiger partial charge >= 0.3 is 12.0 Å². The van der Waals surface area contributed by atoms with Gasteiger partial charge in [-0.15, -0.1) is 0 Å². The highest BCUT2D eigenvalue weighted by Gasteiger charge is 2.26. The summed E-state index contributed by atoms with van der Waals surface area (Å²) >= 11 is 0. The fraction of sp³-hybridized carbons (Fsp3) is 0.750. The van der Waals surface area contributed by atoms with Crippen LogP contribution in [0.1, 0.15) is 39.0 Å². The Morgan fingerprint density at radius 2 is 1.94 bits per heavy atom. The first kappa shape index (κ1) is 14.5. The highest BCUT2D eigenvalue weighted by Crippen LogP contribution is 2.23. The predicted molar refractivity (Wildman–Crippen MR) is 65.0 cm³/mol. The number of amides is 3. The molecule has 1 atom stereocenters. The minimum Gasteiger partial charge on any atom is -0.481 e. The lowest BCUT2D eigenvalue weighted by molar-refractivity contribution is -0.138. The summed E-state index contributed by atoms with van der Waals surface area (Å²) in [5.74, 6) is -1.63. The summed E-state index contributed by atoms with van der Waals surface area (Å²) in [6, 6.07) is -0.165. The molecule has 1 rings (SSSR count). The highest BCUT2D eigenvalue weighted by atomic mass is 16.4. The van der Waals surface area contributed by atoms with Crippen molar-refractivity contribution in [2.24, 2.45) is 5.92 Å². The van der Waals surface area contributed by atoms with Crippen LogP contribution in [-0.2, 0) is 9.59 Å². The van der Waals surface area contributed by atoms with E-state index in [2.05, 4.69) is 5.32 Å². The van der Waals surface area contributed by atoms with Crippen LogP contribution >= 0.6 is 0 Å². The molecule has 0 aromatic rings. The zero-order chi connectivity index (χ0) is 13.7. The number of carbonyl (C=O) groups is 3. The SMILES string of the molecule is CC(CC(=O)O)CC(=O)NC(=O)N(C)C1CCC1. The fourth-order valence-electron chi connectivity index (χ4n) is 1.89. The Labute approximate surface area is 106 Å². The molecule has 0 bridgehead atoms. The number of nitrogens with one attached hydrogen (secondary N) is 1. The third-order valence-electron chi connectivity index (χ3n) is 3.25. The minimum atomic E-state index is -0.937. The Kier molecular flexibility index (Phi) is 5.12. The smallest absolute Gasteiger partial charge is 0.324 e. The molecule has 1 saturated carbocycles. The van der Waals surface area contributed by atoms with Crippen molar-refractivity contribution in [1.29, 1.82) is 0 Å². The number of rotatable bonds is 5. The maximum absolute atomic E-state index is 11.7. The fourth-order valence-corrected chi connectivity index (χ4v) is 1.89. The van der Waals surface area contributed by atoms with Gasteiger partial charge in [-0.3, -0.25) is 14.9 Å². The molecule has 0 heterocycles. The molecule has 0 aromatic carbocycles. The number of aliphatic carboxylic acids is 1. The van der Waals surface area contributed by atoms with Gasteiger partial charge in [-0.05, 0) is 25.2 Å². The Morgan fingerprint density at radius 1 is 1.33 bits per heavy atom. The summed E-state index contributed by atoms with van der Waals surface area (Å²) in [5.41, 5.74) is 0. The van der Waals surface area contributed by atoms with Gasteiger partial charge in [0, 0.05) is 25.9 Å². The highest BCUT2D eigenvalue weighted by molar-refractivity contribution is 5.94. The second-order valence-corrected chi connectivity index (χ2v) is 4.96. The topological polar surface area (TPSA) is 86.7 Å². The molecule has 0 radical (unpaired) electrons. The Hall–Kier alpha value is -1.59. The molecule has 0 spiro atoms. The molecule has 0 saturated heterocycles. The molecule has 18 heavy (non-hydrogen) atoms. The van der Waals surface area contributed by atoms with E-state index in [1.54, 1.807) is 18.9 Å². The molecule has 0 aromatic heterocycles. The van der Waals surface area contributed by atoms with Gasteiger partial charge < -0.3 is 10.0 Å². The third-order valence-corrected chi connectivity index (χ3v) is 3.25. The largest absolute Gasteiger partial charge is 0.481 e. The van der Waals surface area contributed by atoms with E-state index < -0.39 is 17.9 Å². The zero-order valence-electron chi connectivity index (χ0n) is 10.8. The van der Waals surface area contributed by atoms with Crippen molar-refractivity contribution < 1.29 is 19.5 Å². The number of imide groups is 1. The molecule has 1 unspecified atom stereocenters. The van der Waals surface area contributed by atoms with E-state index in [0.717, 1.165) is 19.3 Å². The molecule has 102 valence electrons. The van der Waals surface area contributed by atoms with Crippen LogP contribution in [0.3, 0.4) is 0 Å². The number of carboxylic acid groups (broad SMARTS) is 1. The van der Waals surface area contributed by atoms with Crippen LogP contribution in [0.15, 0.2) is 0 Å². The van der Waals surface area contributed by atoms with Crippen molar-refractivity contribution in [3.05, 3.63) is 0 Å².